The fourth-order valence-electron chi connectivity index (χ4n) is 0.592. The molecule has 0 rings (SSSR count). The fraction of sp³-hybridized carbons (Fsp3) is 0.600. The maximum absolute atomic E-state index is 10.2. The quantitative estimate of drug-likeness (QED) is 0.428. The molecule has 0 aliphatic carbocycles. The third-order valence-electron chi connectivity index (χ3n) is 1.83. The van der Waals surface area contributed by atoms with Gasteiger partial charge in [0.25, 0.3) is 0 Å². The molecule has 4 nitrogen and oxygen atoms in total. The average molecular weight is 198 g/mol. The zero-order valence-electron chi connectivity index (χ0n) is 9.40. The Bertz CT molecular complexity index is 262. The summed E-state index contributed by atoms with van der Waals surface area (Å²) in [6.07, 6.45) is 2.47. The number of rotatable bonds is 3. The second-order valence-electron chi connectivity index (χ2n) is 4.16. The van der Waals surface area contributed by atoms with Gasteiger partial charge < -0.3 is 5.11 Å². The molecule has 0 aliphatic heterocycles. The number of hydrogen-bond acceptors (Lipinski definition) is 3. The zero-order valence-corrected chi connectivity index (χ0v) is 9.40. The predicted molar refractivity (Wildman–Crippen MR) is 57.1 cm³/mol. The van der Waals surface area contributed by atoms with E-state index in [1.165, 1.54) is 11.2 Å². The van der Waals surface area contributed by atoms with Gasteiger partial charge in [-0.25, -0.2) is 4.79 Å². The third-order valence-corrected chi connectivity index (χ3v) is 1.83. The lowest BCUT2D eigenvalue weighted by molar-refractivity contribution is -0.131. The molecule has 0 saturated carbocycles. The van der Waals surface area contributed by atoms with Gasteiger partial charge in [-0.2, -0.15) is 5.10 Å². The summed E-state index contributed by atoms with van der Waals surface area (Å²) >= 11 is 0. The minimum atomic E-state index is -0.972. The fourth-order valence-corrected chi connectivity index (χ4v) is 0.592. The topological polar surface area (TPSA) is 52.9 Å². The molecule has 80 valence electrons. The molecular formula is C10H18N2O2. The van der Waals surface area contributed by atoms with Crippen molar-refractivity contribution in [3.8, 4) is 0 Å². The van der Waals surface area contributed by atoms with E-state index < -0.39 is 5.97 Å². The van der Waals surface area contributed by atoms with Gasteiger partial charge in [-0.05, 0) is 6.92 Å². The summed E-state index contributed by atoms with van der Waals surface area (Å²) < 4.78 is 0. The minimum Gasteiger partial charge on any atom is -0.478 e. The lowest BCUT2D eigenvalue weighted by Gasteiger charge is -2.19. The molecule has 14 heavy (non-hydrogen) atoms. The molecule has 0 fully saturated rings. The molecule has 0 aliphatic rings. The summed E-state index contributed by atoms with van der Waals surface area (Å²) in [4.78, 5) is 10.2. The molecule has 0 atom stereocenters. The van der Waals surface area contributed by atoms with E-state index in [0.717, 1.165) is 11.8 Å². The van der Waals surface area contributed by atoms with Crippen LogP contribution in [0.4, 0.5) is 0 Å². The Balaban J connectivity index is 4.44. The van der Waals surface area contributed by atoms with E-state index in [-0.39, 0.29) is 5.41 Å². The largest absolute Gasteiger partial charge is 0.478 e. The average Bonchev–Trinajstić information content (AvgIpc) is 1.99. The first kappa shape index (κ1) is 12.7. The number of carboxylic acids is 1. The summed E-state index contributed by atoms with van der Waals surface area (Å²) in [7, 11) is 1.70. The molecule has 4 heteroatoms. The first-order chi connectivity index (χ1) is 6.23. The molecule has 0 spiro atoms. The molecular weight excluding hydrogens is 180 g/mol. The van der Waals surface area contributed by atoms with E-state index in [1.807, 2.05) is 6.92 Å². The van der Waals surface area contributed by atoms with E-state index in [4.69, 9.17) is 5.11 Å². The van der Waals surface area contributed by atoms with Crippen LogP contribution in [0.3, 0.4) is 0 Å². The molecule has 0 saturated heterocycles. The highest BCUT2D eigenvalue weighted by Crippen LogP contribution is 2.15. The standard InChI is InChI=1S/C10H18N2O2/c1-8(10(2,3)4)11-12(5)7-6-9(13)14/h6-7H,1-5H3,(H,13,14)/b7-6+,11-8?. The smallest absolute Gasteiger partial charge is 0.329 e. The monoisotopic (exact) mass is 198 g/mol. The lowest BCUT2D eigenvalue weighted by Crippen LogP contribution is -2.20. The van der Waals surface area contributed by atoms with Crippen LogP contribution in [0.15, 0.2) is 17.4 Å². The maximum Gasteiger partial charge on any atom is 0.329 e. The minimum absolute atomic E-state index is 0.00528. The molecule has 0 unspecified atom stereocenters. The first-order valence-corrected chi connectivity index (χ1v) is 4.43. The van der Waals surface area contributed by atoms with Crippen LogP contribution >= 0.6 is 0 Å². The second kappa shape index (κ2) is 4.79. The van der Waals surface area contributed by atoms with Crippen molar-refractivity contribution >= 4 is 11.7 Å². The van der Waals surface area contributed by atoms with E-state index in [0.29, 0.717) is 0 Å². The summed E-state index contributed by atoms with van der Waals surface area (Å²) in [6, 6.07) is 0. The third kappa shape index (κ3) is 5.35. The number of hydrogen-bond donors (Lipinski definition) is 1. The number of aliphatic carboxylic acids is 1. The van der Waals surface area contributed by atoms with E-state index in [1.54, 1.807) is 7.05 Å². The molecule has 0 aromatic rings. The van der Waals surface area contributed by atoms with Crippen LogP contribution in [0.5, 0.6) is 0 Å². The van der Waals surface area contributed by atoms with Crippen molar-refractivity contribution in [1.29, 1.82) is 0 Å². The Morgan fingerprint density at radius 1 is 1.43 bits per heavy atom. The van der Waals surface area contributed by atoms with Gasteiger partial charge in [0.15, 0.2) is 0 Å². The van der Waals surface area contributed by atoms with Gasteiger partial charge in [0.05, 0.1) is 0 Å². The number of nitrogens with zero attached hydrogens (tertiary/aromatic N) is 2. The molecule has 0 amide bonds. The van der Waals surface area contributed by atoms with Crippen molar-refractivity contribution < 1.29 is 9.90 Å². The summed E-state index contributed by atoms with van der Waals surface area (Å²) in [5.41, 5.74) is 0.959. The van der Waals surface area contributed by atoms with Gasteiger partial charge in [-0.15, -0.1) is 0 Å². The van der Waals surface area contributed by atoms with Crippen molar-refractivity contribution in [1.82, 2.24) is 5.01 Å². The van der Waals surface area contributed by atoms with Crippen LogP contribution in [-0.2, 0) is 4.79 Å². The lowest BCUT2D eigenvalue weighted by atomic mass is 9.91. The van der Waals surface area contributed by atoms with Crippen molar-refractivity contribution in [3.05, 3.63) is 12.3 Å². The van der Waals surface area contributed by atoms with Crippen molar-refractivity contribution in [2.75, 3.05) is 7.05 Å². The van der Waals surface area contributed by atoms with Gasteiger partial charge >= 0.3 is 5.97 Å². The molecule has 0 bridgehead atoms. The molecule has 0 aromatic carbocycles. The number of carboxylic acid groups (broad SMARTS) is 1. The van der Waals surface area contributed by atoms with E-state index >= 15 is 0 Å². The Hall–Kier alpha value is -1.32. The summed E-state index contributed by atoms with van der Waals surface area (Å²) in [5, 5.41) is 14.1. The Kier molecular flexibility index (Phi) is 4.34. The van der Waals surface area contributed by atoms with Crippen LogP contribution in [0, 0.1) is 5.41 Å². The zero-order chi connectivity index (χ0) is 11.4. The van der Waals surface area contributed by atoms with Crippen molar-refractivity contribution in [2.24, 2.45) is 10.5 Å². The Morgan fingerprint density at radius 3 is 2.29 bits per heavy atom. The molecule has 1 N–H and O–H groups in total. The Labute approximate surface area is 84.9 Å². The van der Waals surface area contributed by atoms with Crippen LogP contribution in [0.25, 0.3) is 0 Å². The van der Waals surface area contributed by atoms with Gasteiger partial charge in [0.1, 0.15) is 0 Å². The normalized spacial score (nSPS) is 13.4. The highest BCUT2D eigenvalue weighted by Gasteiger charge is 2.14. The number of hydrazone groups is 1. The SMILES string of the molecule is CC(=NN(C)/C=C/C(=O)O)C(C)(C)C. The van der Waals surface area contributed by atoms with E-state index in [9.17, 15) is 4.79 Å². The number of carbonyl (C=O) groups is 1. The van der Waals surface area contributed by atoms with Gasteiger partial charge in [0.2, 0.25) is 0 Å². The van der Waals surface area contributed by atoms with Gasteiger partial charge in [0, 0.05) is 30.5 Å². The highest BCUT2D eigenvalue weighted by molar-refractivity contribution is 5.86. The summed E-state index contributed by atoms with van der Waals surface area (Å²) in [6.45, 7) is 8.09. The van der Waals surface area contributed by atoms with Crippen LogP contribution < -0.4 is 0 Å². The van der Waals surface area contributed by atoms with Crippen LogP contribution in [-0.4, -0.2) is 28.8 Å². The van der Waals surface area contributed by atoms with E-state index in [2.05, 4.69) is 25.9 Å². The van der Waals surface area contributed by atoms with Gasteiger partial charge in [-0.1, -0.05) is 20.8 Å². The van der Waals surface area contributed by atoms with Gasteiger partial charge in [-0.3, -0.25) is 5.01 Å². The van der Waals surface area contributed by atoms with Crippen LogP contribution in [0.2, 0.25) is 0 Å². The molecule has 0 aromatic heterocycles. The highest BCUT2D eigenvalue weighted by atomic mass is 16.4. The maximum atomic E-state index is 10.2. The van der Waals surface area contributed by atoms with Crippen molar-refractivity contribution in [2.45, 2.75) is 27.7 Å². The second-order valence-corrected chi connectivity index (χ2v) is 4.16. The van der Waals surface area contributed by atoms with Crippen molar-refractivity contribution in [3.63, 3.8) is 0 Å². The van der Waals surface area contributed by atoms with Crippen LogP contribution in [0.1, 0.15) is 27.7 Å². The summed E-state index contributed by atoms with van der Waals surface area (Å²) in [5.74, 6) is -0.972. The first-order valence-electron chi connectivity index (χ1n) is 4.43. The molecule has 0 heterocycles. The Morgan fingerprint density at radius 2 is 1.93 bits per heavy atom. The predicted octanol–water partition coefficient (Wildman–Crippen LogP) is 1.94. The molecule has 0 radical (unpaired) electrons.